The topological polar surface area (TPSA) is 154 Å². The first-order valence-corrected chi connectivity index (χ1v) is 15.7. The van der Waals surface area contributed by atoms with Gasteiger partial charge in [-0.3, -0.25) is 13.8 Å². The monoisotopic (exact) mass is 620 g/mol. The Bertz CT molecular complexity index is 1340. The quantitative estimate of drug-likeness (QED) is 0.274. The molecule has 0 aromatic heterocycles. The number of likely N-dealkylation sites (tertiary alicyclic amines) is 1. The van der Waals surface area contributed by atoms with Crippen molar-refractivity contribution in [1.29, 1.82) is 0 Å². The zero-order valence-corrected chi connectivity index (χ0v) is 25.8. The Morgan fingerprint density at radius 1 is 1.17 bits per heavy atom. The predicted octanol–water partition coefficient (Wildman–Crippen LogP) is 3.09. The Morgan fingerprint density at radius 2 is 1.86 bits per heavy atom. The van der Waals surface area contributed by atoms with Crippen LogP contribution < -0.4 is 16.2 Å². The molecule has 2 aromatic rings. The Kier molecular flexibility index (Phi) is 12.1. The molecule has 1 heterocycles. The lowest BCUT2D eigenvalue weighted by atomic mass is 9.83. The number of nitrogens with two attached hydrogens (primary N) is 2. The van der Waals surface area contributed by atoms with Gasteiger partial charge in [0.05, 0.1) is 31.4 Å². The molecule has 5 N–H and O–H groups in total. The first kappa shape index (κ1) is 33.7. The summed E-state index contributed by atoms with van der Waals surface area (Å²) in [6.07, 6.45) is 4.98. The molecule has 2 amide bonds. The Morgan fingerprint density at radius 3 is 2.50 bits per heavy atom. The zero-order chi connectivity index (χ0) is 30.9. The summed E-state index contributed by atoms with van der Waals surface area (Å²) in [4.78, 5) is 28.2. The highest BCUT2D eigenvalue weighted by molar-refractivity contribution is 7.84. The van der Waals surface area contributed by atoms with Crippen LogP contribution in [-0.4, -0.2) is 62.5 Å². The largest absolute Gasteiger partial charge is 0.371 e. The molecule has 0 radical (unpaired) electrons. The normalized spacial score (nSPS) is 19.3. The minimum absolute atomic E-state index is 0.201. The maximum absolute atomic E-state index is 13.9. The lowest BCUT2D eigenvalue weighted by Gasteiger charge is -2.32. The number of ether oxygens (including phenoxy) is 1. The molecular weight excluding hydrogens is 580 g/mol. The summed E-state index contributed by atoms with van der Waals surface area (Å²) in [7, 11) is -4.17. The molecule has 0 unspecified atom stereocenters. The van der Waals surface area contributed by atoms with Gasteiger partial charge < -0.3 is 20.7 Å². The maximum Gasteiger partial charge on any atom is 0.333 e. The summed E-state index contributed by atoms with van der Waals surface area (Å²) < 4.78 is 34.2. The fourth-order valence-corrected chi connectivity index (χ4v) is 5.49. The summed E-state index contributed by atoms with van der Waals surface area (Å²) in [5.41, 5.74) is 6.83. The van der Waals surface area contributed by atoms with Crippen molar-refractivity contribution in [3.63, 3.8) is 0 Å². The van der Waals surface area contributed by atoms with Crippen molar-refractivity contribution in [3.8, 4) is 0 Å². The fourth-order valence-electron chi connectivity index (χ4n) is 4.84. The van der Waals surface area contributed by atoms with E-state index in [2.05, 4.69) is 5.32 Å². The number of nitrogens with zero attached hydrogens (tertiary/aromatic N) is 1. The molecule has 2 aromatic carbocycles. The van der Waals surface area contributed by atoms with Gasteiger partial charge in [-0.2, -0.15) is 8.42 Å². The summed E-state index contributed by atoms with van der Waals surface area (Å²) in [5, 5.41) is 8.46. The van der Waals surface area contributed by atoms with E-state index in [0.29, 0.717) is 24.4 Å². The molecule has 42 heavy (non-hydrogen) atoms. The summed E-state index contributed by atoms with van der Waals surface area (Å²) in [6, 6.07) is 14.8. The number of hydrogen-bond acceptors (Lipinski definition) is 7. The number of benzene rings is 2. The van der Waals surface area contributed by atoms with Crippen molar-refractivity contribution < 1.29 is 26.9 Å². The molecule has 1 aliphatic heterocycles. The van der Waals surface area contributed by atoms with Crippen molar-refractivity contribution >= 4 is 33.7 Å². The summed E-state index contributed by atoms with van der Waals surface area (Å²) in [5.74, 6) is -0.738. The molecule has 0 saturated carbocycles. The molecule has 230 valence electrons. The SMILES string of the molecule is C[C@H](N)C(=O)N[C@H](C(=O)N1CCC[C@H]1/C=C/[C@](C)(COS(N)(=O)=O)Cc1cccc(Cl)c1)[C@@H](C)OCc1ccccc1. The molecule has 1 aliphatic rings. The van der Waals surface area contributed by atoms with Crippen molar-refractivity contribution in [2.75, 3.05) is 13.2 Å². The molecule has 5 atom stereocenters. The van der Waals surface area contributed by atoms with Crippen LogP contribution in [0.15, 0.2) is 66.7 Å². The standard InChI is InChI=1S/C30H41ClN4O6S/c1-21(32)28(36)34-27(22(2)40-19-23-9-5-4-6-10-23)29(37)35-16-8-13-26(35)14-15-30(3,20-41-42(33,38)39)18-24-11-7-12-25(31)17-24/h4-7,9-12,14-15,17,21-22,26-27H,8,13,16,18-20,32H2,1-3H3,(H,34,36)(H2,33,38,39)/b15-14+/t21-,22+,26-,27-,30-/m0/s1. The Labute approximate surface area is 253 Å². The van der Waals surface area contributed by atoms with Gasteiger partial charge >= 0.3 is 10.3 Å². The van der Waals surface area contributed by atoms with E-state index in [4.69, 9.17) is 31.4 Å². The highest BCUT2D eigenvalue weighted by atomic mass is 35.5. The lowest BCUT2D eigenvalue weighted by Crippen LogP contribution is -2.57. The highest BCUT2D eigenvalue weighted by Crippen LogP contribution is 2.29. The van der Waals surface area contributed by atoms with E-state index in [9.17, 15) is 18.0 Å². The van der Waals surface area contributed by atoms with Crippen LogP contribution in [-0.2, 0) is 41.8 Å². The number of carbonyl (C=O) groups is 2. The van der Waals surface area contributed by atoms with Crippen molar-refractivity contribution in [2.24, 2.45) is 16.3 Å². The Balaban J connectivity index is 1.81. The molecule has 3 rings (SSSR count). The van der Waals surface area contributed by atoms with Gasteiger partial charge in [0.2, 0.25) is 11.8 Å². The first-order valence-electron chi connectivity index (χ1n) is 13.9. The van der Waals surface area contributed by atoms with Gasteiger partial charge in [-0.25, -0.2) is 5.14 Å². The number of nitrogens with one attached hydrogen (secondary N) is 1. The van der Waals surface area contributed by atoms with Gasteiger partial charge in [-0.05, 0) is 56.4 Å². The number of amides is 2. The smallest absolute Gasteiger partial charge is 0.333 e. The second-order valence-electron chi connectivity index (χ2n) is 11.1. The van der Waals surface area contributed by atoms with Crippen LogP contribution in [0.3, 0.4) is 0 Å². The number of hydrogen-bond donors (Lipinski definition) is 3. The van der Waals surface area contributed by atoms with E-state index in [1.165, 1.54) is 0 Å². The first-order chi connectivity index (χ1) is 19.8. The number of carbonyl (C=O) groups excluding carboxylic acids is 2. The molecule has 0 aliphatic carbocycles. The van der Waals surface area contributed by atoms with Gasteiger partial charge in [-0.15, -0.1) is 0 Å². The van der Waals surface area contributed by atoms with Crippen molar-refractivity contribution in [2.45, 2.75) is 70.9 Å². The summed E-state index contributed by atoms with van der Waals surface area (Å²) >= 11 is 6.17. The molecule has 10 nitrogen and oxygen atoms in total. The molecule has 0 spiro atoms. The molecule has 12 heteroatoms. The van der Waals surface area contributed by atoms with Crippen molar-refractivity contribution in [1.82, 2.24) is 10.2 Å². The van der Waals surface area contributed by atoms with Crippen LogP contribution >= 0.6 is 11.6 Å². The second-order valence-corrected chi connectivity index (χ2v) is 12.8. The average Bonchev–Trinajstić information content (AvgIpc) is 3.41. The third-order valence-electron chi connectivity index (χ3n) is 7.16. The fraction of sp³-hybridized carbons (Fsp3) is 0.467. The molecule has 0 bridgehead atoms. The molecule has 1 saturated heterocycles. The van der Waals surface area contributed by atoms with E-state index in [1.54, 1.807) is 30.9 Å². The van der Waals surface area contributed by atoms with Gasteiger partial charge in [0.1, 0.15) is 6.04 Å². The van der Waals surface area contributed by atoms with Gasteiger partial charge in [0.15, 0.2) is 0 Å². The van der Waals surface area contributed by atoms with Crippen LogP contribution in [0.25, 0.3) is 0 Å². The third kappa shape index (κ3) is 10.5. The number of halogens is 1. The van der Waals surface area contributed by atoms with Crippen molar-refractivity contribution in [3.05, 3.63) is 82.9 Å². The van der Waals surface area contributed by atoms with Crippen LogP contribution in [0.2, 0.25) is 5.02 Å². The summed E-state index contributed by atoms with van der Waals surface area (Å²) in [6.45, 7) is 5.71. The maximum atomic E-state index is 13.9. The van der Waals surface area contributed by atoms with E-state index in [0.717, 1.165) is 17.5 Å². The average molecular weight is 621 g/mol. The third-order valence-corrected chi connectivity index (χ3v) is 7.84. The van der Waals surface area contributed by atoms with Crippen LogP contribution in [0.1, 0.15) is 44.7 Å². The van der Waals surface area contributed by atoms with E-state index in [1.807, 2.05) is 61.5 Å². The van der Waals surface area contributed by atoms with Gasteiger partial charge in [-0.1, -0.05) is 73.1 Å². The van der Waals surface area contributed by atoms with E-state index < -0.39 is 39.8 Å². The Hall–Kier alpha value is -2.80. The van der Waals surface area contributed by atoms with Gasteiger partial charge in [0, 0.05) is 17.0 Å². The minimum Gasteiger partial charge on any atom is -0.371 e. The molecular formula is C30H41ClN4O6S. The van der Waals surface area contributed by atoms with Crippen LogP contribution in [0.4, 0.5) is 0 Å². The van der Waals surface area contributed by atoms with Gasteiger partial charge in [0.25, 0.3) is 0 Å². The predicted molar refractivity (Wildman–Crippen MR) is 162 cm³/mol. The van der Waals surface area contributed by atoms with Crippen LogP contribution in [0, 0.1) is 5.41 Å². The zero-order valence-electron chi connectivity index (χ0n) is 24.2. The van der Waals surface area contributed by atoms with E-state index >= 15 is 0 Å². The minimum atomic E-state index is -4.17. The second kappa shape index (κ2) is 15.1. The highest BCUT2D eigenvalue weighted by Gasteiger charge is 2.37. The lowest BCUT2D eigenvalue weighted by molar-refractivity contribution is -0.141. The number of rotatable bonds is 14. The van der Waals surface area contributed by atoms with Crippen LogP contribution in [0.5, 0.6) is 0 Å². The molecule has 1 fully saturated rings. The van der Waals surface area contributed by atoms with E-state index in [-0.39, 0.29) is 25.2 Å².